The van der Waals surface area contributed by atoms with Crippen LogP contribution in [0.4, 0.5) is 10.1 Å². The number of para-hydroxylation sites is 1. The van der Waals surface area contributed by atoms with Gasteiger partial charge in [0.25, 0.3) is 5.91 Å². The van der Waals surface area contributed by atoms with E-state index in [4.69, 9.17) is 21.7 Å². The number of benzene rings is 2. The van der Waals surface area contributed by atoms with Crippen LogP contribution in [-0.4, -0.2) is 23.4 Å². The molecule has 2 aromatic carbocycles. The van der Waals surface area contributed by atoms with Crippen LogP contribution in [0.15, 0.2) is 41.3 Å². The molecule has 0 bridgehead atoms. The molecule has 0 saturated carbocycles. The van der Waals surface area contributed by atoms with Crippen molar-refractivity contribution in [2.75, 3.05) is 18.1 Å². The van der Waals surface area contributed by atoms with Crippen molar-refractivity contribution in [2.45, 2.75) is 13.8 Å². The highest BCUT2D eigenvalue weighted by Crippen LogP contribution is 2.39. The van der Waals surface area contributed by atoms with E-state index in [-0.39, 0.29) is 11.6 Å². The van der Waals surface area contributed by atoms with E-state index in [9.17, 15) is 9.18 Å². The van der Waals surface area contributed by atoms with Crippen molar-refractivity contribution >= 4 is 68.6 Å². The second-order valence-corrected chi connectivity index (χ2v) is 8.50. The first-order valence-electron chi connectivity index (χ1n) is 8.57. The number of thiocarbonyl (C=S) groups is 1. The first kappa shape index (κ1) is 21.1. The van der Waals surface area contributed by atoms with Crippen molar-refractivity contribution in [1.29, 1.82) is 0 Å². The van der Waals surface area contributed by atoms with E-state index in [2.05, 4.69) is 22.6 Å². The fourth-order valence-electron chi connectivity index (χ4n) is 2.68. The van der Waals surface area contributed by atoms with E-state index in [0.717, 1.165) is 20.9 Å². The molecule has 2 aromatic rings. The molecule has 1 heterocycles. The number of carbonyl (C=O) groups is 1. The number of anilines is 1. The lowest BCUT2D eigenvalue weighted by atomic mass is 10.1. The molecule has 8 heteroatoms. The number of hydrogen-bond donors (Lipinski definition) is 0. The van der Waals surface area contributed by atoms with Crippen LogP contribution in [0.3, 0.4) is 0 Å². The summed E-state index contributed by atoms with van der Waals surface area (Å²) < 4.78 is 26.7. The second-order valence-electron chi connectivity index (χ2n) is 5.66. The monoisotopic (exact) mass is 529 g/mol. The van der Waals surface area contributed by atoms with Gasteiger partial charge in [0, 0.05) is 0 Å². The zero-order valence-electron chi connectivity index (χ0n) is 15.2. The predicted octanol–water partition coefficient (Wildman–Crippen LogP) is 5.63. The Morgan fingerprint density at radius 1 is 1.21 bits per heavy atom. The van der Waals surface area contributed by atoms with Crippen LogP contribution in [0.5, 0.6) is 11.5 Å². The maximum atomic E-state index is 14.1. The molecule has 146 valence electrons. The van der Waals surface area contributed by atoms with E-state index in [1.54, 1.807) is 18.2 Å². The molecule has 1 aliphatic rings. The number of halogens is 2. The van der Waals surface area contributed by atoms with E-state index in [0.29, 0.717) is 33.9 Å². The molecule has 1 amide bonds. The summed E-state index contributed by atoms with van der Waals surface area (Å²) in [6.07, 6.45) is 1.74. The fourth-order valence-corrected chi connectivity index (χ4v) is 4.74. The van der Waals surface area contributed by atoms with E-state index >= 15 is 0 Å². The molecular weight excluding hydrogens is 512 g/mol. The normalized spacial score (nSPS) is 15.4. The third-order valence-corrected chi connectivity index (χ3v) is 5.91. The third-order valence-electron chi connectivity index (χ3n) is 3.81. The van der Waals surface area contributed by atoms with Gasteiger partial charge in [-0.1, -0.05) is 36.1 Å². The SMILES string of the molecule is CCOc1cc(/C=C2\SC(=S)N(c3ccccc3F)C2=O)cc(I)c1OCC. The van der Waals surface area contributed by atoms with Gasteiger partial charge in [0.1, 0.15) is 5.82 Å². The van der Waals surface area contributed by atoms with Crippen molar-refractivity contribution in [1.82, 2.24) is 0 Å². The minimum Gasteiger partial charge on any atom is -0.490 e. The smallest absolute Gasteiger partial charge is 0.270 e. The molecule has 0 spiro atoms. The summed E-state index contributed by atoms with van der Waals surface area (Å²) in [6.45, 7) is 4.83. The zero-order chi connectivity index (χ0) is 20.3. The highest BCUT2D eigenvalue weighted by atomic mass is 127. The van der Waals surface area contributed by atoms with Crippen molar-refractivity contribution < 1.29 is 18.7 Å². The van der Waals surface area contributed by atoms with Crippen molar-refractivity contribution in [3.05, 3.63) is 56.3 Å². The number of ether oxygens (including phenoxy) is 2. The van der Waals surface area contributed by atoms with E-state index in [1.165, 1.54) is 17.0 Å². The Bertz CT molecular complexity index is 964. The van der Waals surface area contributed by atoms with Crippen LogP contribution >= 0.6 is 46.6 Å². The fraction of sp³-hybridized carbons (Fsp3) is 0.200. The van der Waals surface area contributed by atoms with E-state index in [1.807, 2.05) is 26.0 Å². The van der Waals surface area contributed by atoms with Crippen LogP contribution in [0, 0.1) is 9.39 Å². The standard InChI is InChI=1S/C20H17FINO3S2/c1-3-25-16-10-12(9-14(22)18(16)26-4-2)11-17-19(24)23(20(27)28-17)15-8-6-5-7-13(15)21/h5-11H,3-4H2,1-2H3/b17-11-. The second kappa shape index (κ2) is 9.23. The number of nitrogens with zero attached hydrogens (tertiary/aromatic N) is 1. The summed E-state index contributed by atoms with van der Waals surface area (Å²) in [4.78, 5) is 14.5. The molecule has 3 rings (SSSR count). The Hall–Kier alpha value is -1.65. The van der Waals surface area contributed by atoms with Gasteiger partial charge in [0.05, 0.1) is 27.4 Å². The maximum absolute atomic E-state index is 14.1. The van der Waals surface area contributed by atoms with Crippen molar-refractivity contribution in [3.63, 3.8) is 0 Å². The quantitative estimate of drug-likeness (QED) is 0.276. The Morgan fingerprint density at radius 3 is 2.61 bits per heavy atom. The molecule has 4 nitrogen and oxygen atoms in total. The molecule has 0 N–H and O–H groups in total. The largest absolute Gasteiger partial charge is 0.490 e. The van der Waals surface area contributed by atoms with Gasteiger partial charge < -0.3 is 9.47 Å². The molecule has 1 aliphatic heterocycles. The first-order valence-corrected chi connectivity index (χ1v) is 10.9. The van der Waals surface area contributed by atoms with Gasteiger partial charge in [-0.25, -0.2) is 4.39 Å². The van der Waals surface area contributed by atoms with Gasteiger partial charge in [-0.3, -0.25) is 9.69 Å². The number of amides is 1. The highest BCUT2D eigenvalue weighted by molar-refractivity contribution is 14.1. The van der Waals surface area contributed by atoms with Crippen molar-refractivity contribution in [2.24, 2.45) is 0 Å². The molecule has 0 unspecified atom stereocenters. The molecule has 0 atom stereocenters. The summed E-state index contributed by atoms with van der Waals surface area (Å²) >= 11 is 8.64. The predicted molar refractivity (Wildman–Crippen MR) is 124 cm³/mol. The molecule has 1 saturated heterocycles. The lowest BCUT2D eigenvalue weighted by Gasteiger charge is -2.15. The van der Waals surface area contributed by atoms with Gasteiger partial charge in [0.15, 0.2) is 15.8 Å². The minimum absolute atomic E-state index is 0.157. The molecule has 0 radical (unpaired) electrons. The Labute approximate surface area is 186 Å². The first-order chi connectivity index (χ1) is 13.5. The van der Waals surface area contributed by atoms with Gasteiger partial charge in [-0.15, -0.1) is 0 Å². The summed E-state index contributed by atoms with van der Waals surface area (Å²) in [6, 6.07) is 9.82. The van der Waals surface area contributed by atoms with Gasteiger partial charge in [0.2, 0.25) is 0 Å². The Morgan fingerprint density at radius 2 is 1.93 bits per heavy atom. The summed E-state index contributed by atoms with van der Waals surface area (Å²) in [5.41, 5.74) is 0.940. The minimum atomic E-state index is -0.491. The van der Waals surface area contributed by atoms with Gasteiger partial charge >= 0.3 is 0 Å². The molecular formula is C20H17FINO3S2. The lowest BCUT2D eigenvalue weighted by molar-refractivity contribution is -0.113. The molecule has 28 heavy (non-hydrogen) atoms. The maximum Gasteiger partial charge on any atom is 0.270 e. The summed E-state index contributed by atoms with van der Waals surface area (Å²) in [5, 5.41) is 0. The van der Waals surface area contributed by atoms with Crippen LogP contribution in [0.25, 0.3) is 6.08 Å². The van der Waals surface area contributed by atoms with Crippen LogP contribution < -0.4 is 14.4 Å². The molecule has 0 aromatic heterocycles. The van der Waals surface area contributed by atoms with Crippen LogP contribution in [0.2, 0.25) is 0 Å². The van der Waals surface area contributed by atoms with Gasteiger partial charge in [-0.05, 0) is 72.3 Å². The molecule has 1 fully saturated rings. The molecule has 0 aliphatic carbocycles. The average molecular weight is 529 g/mol. The number of thioether (sulfide) groups is 1. The average Bonchev–Trinajstić information content (AvgIpc) is 2.92. The third kappa shape index (κ3) is 4.33. The highest BCUT2D eigenvalue weighted by Gasteiger charge is 2.34. The summed E-state index contributed by atoms with van der Waals surface area (Å²) in [7, 11) is 0. The lowest BCUT2D eigenvalue weighted by Crippen LogP contribution is -2.28. The van der Waals surface area contributed by atoms with Crippen LogP contribution in [-0.2, 0) is 4.79 Å². The number of hydrogen-bond acceptors (Lipinski definition) is 5. The zero-order valence-corrected chi connectivity index (χ0v) is 19.0. The topological polar surface area (TPSA) is 38.8 Å². The van der Waals surface area contributed by atoms with Crippen LogP contribution in [0.1, 0.15) is 19.4 Å². The summed E-state index contributed by atoms with van der Waals surface area (Å²) in [5.74, 6) is 0.462. The Kier molecular flexibility index (Phi) is 6.95. The number of carbonyl (C=O) groups excluding carboxylic acids is 1. The van der Waals surface area contributed by atoms with E-state index < -0.39 is 5.82 Å². The van der Waals surface area contributed by atoms with Crippen molar-refractivity contribution in [3.8, 4) is 11.5 Å². The van der Waals surface area contributed by atoms with Gasteiger partial charge in [-0.2, -0.15) is 0 Å². The number of rotatable bonds is 6. The Balaban J connectivity index is 1.97.